The van der Waals surface area contributed by atoms with Crippen LogP contribution in [0.3, 0.4) is 0 Å². The van der Waals surface area contributed by atoms with Crippen LogP contribution in [0.15, 0.2) is 18.2 Å². The highest BCUT2D eigenvalue weighted by Crippen LogP contribution is 2.31. The van der Waals surface area contributed by atoms with E-state index >= 15 is 0 Å². The summed E-state index contributed by atoms with van der Waals surface area (Å²) in [5, 5.41) is 18.2. The molecule has 35 heavy (non-hydrogen) atoms. The van der Waals surface area contributed by atoms with E-state index in [1.165, 1.54) is 38.9 Å². The Balaban J connectivity index is 1.61. The van der Waals surface area contributed by atoms with E-state index in [1.807, 2.05) is 7.05 Å². The first-order chi connectivity index (χ1) is 16.9. The molecular formula is C24H36N8O3. The maximum Gasteiger partial charge on any atom is 0.312 e. The second-order valence-electron chi connectivity index (χ2n) is 9.53. The Morgan fingerprint density at radius 3 is 2.40 bits per heavy atom. The first-order valence-corrected chi connectivity index (χ1v) is 12.5. The topological polar surface area (TPSA) is 122 Å². The van der Waals surface area contributed by atoms with Crippen LogP contribution >= 0.6 is 0 Å². The first kappa shape index (κ1) is 24.9. The predicted molar refractivity (Wildman–Crippen MR) is 137 cm³/mol. The molecule has 1 aliphatic carbocycles. The van der Waals surface area contributed by atoms with Crippen LogP contribution in [0.5, 0.6) is 5.75 Å². The minimum Gasteiger partial charge on any atom is -0.490 e. The maximum atomic E-state index is 11.5. The van der Waals surface area contributed by atoms with Gasteiger partial charge in [0.25, 0.3) is 0 Å². The fraction of sp³-hybridized carbons (Fsp3) is 0.625. The van der Waals surface area contributed by atoms with E-state index in [9.17, 15) is 10.1 Å². The third kappa shape index (κ3) is 6.47. The third-order valence-electron chi connectivity index (χ3n) is 6.99. The number of nitro groups is 1. The van der Waals surface area contributed by atoms with Gasteiger partial charge in [0.2, 0.25) is 17.8 Å². The number of piperidine rings is 1. The van der Waals surface area contributed by atoms with Crippen molar-refractivity contribution in [1.29, 1.82) is 0 Å². The van der Waals surface area contributed by atoms with E-state index in [4.69, 9.17) is 9.72 Å². The van der Waals surface area contributed by atoms with Crippen molar-refractivity contribution in [3.63, 3.8) is 0 Å². The number of nitrogens with zero attached hydrogens (tertiary/aromatic N) is 6. The van der Waals surface area contributed by atoms with Gasteiger partial charge in [-0.15, -0.1) is 0 Å². The Bertz CT molecular complexity index is 1000. The van der Waals surface area contributed by atoms with Crippen LogP contribution in [-0.2, 0) is 0 Å². The molecule has 11 nitrogen and oxygen atoms in total. The summed E-state index contributed by atoms with van der Waals surface area (Å²) in [5.74, 6) is 1.68. The number of hydrogen-bond donors (Lipinski definition) is 2. The largest absolute Gasteiger partial charge is 0.490 e. The number of hydrogen-bond acceptors (Lipinski definition) is 10. The van der Waals surface area contributed by atoms with Crippen LogP contribution in [0.2, 0.25) is 0 Å². The highest BCUT2D eigenvalue weighted by atomic mass is 16.6. The van der Waals surface area contributed by atoms with Crippen molar-refractivity contribution >= 4 is 29.2 Å². The van der Waals surface area contributed by atoms with E-state index in [-0.39, 0.29) is 11.4 Å². The van der Waals surface area contributed by atoms with Crippen molar-refractivity contribution in [2.75, 3.05) is 49.8 Å². The second-order valence-corrected chi connectivity index (χ2v) is 9.53. The molecule has 1 aliphatic heterocycles. The lowest BCUT2D eigenvalue weighted by Crippen LogP contribution is -2.42. The van der Waals surface area contributed by atoms with Gasteiger partial charge in [-0.05, 0) is 58.0 Å². The van der Waals surface area contributed by atoms with E-state index in [1.54, 1.807) is 12.1 Å². The molecule has 2 heterocycles. The Kier molecular flexibility index (Phi) is 8.17. The van der Waals surface area contributed by atoms with E-state index in [0.29, 0.717) is 35.6 Å². The van der Waals surface area contributed by atoms with Crippen molar-refractivity contribution in [2.45, 2.75) is 63.5 Å². The van der Waals surface area contributed by atoms with E-state index in [2.05, 4.69) is 37.4 Å². The van der Waals surface area contributed by atoms with Gasteiger partial charge in [-0.1, -0.05) is 25.7 Å². The fourth-order valence-electron chi connectivity index (χ4n) is 4.83. The van der Waals surface area contributed by atoms with Crippen LogP contribution in [0.4, 0.5) is 29.2 Å². The van der Waals surface area contributed by atoms with Gasteiger partial charge in [-0.25, -0.2) is 0 Å². The molecule has 2 aliphatic rings. The number of nitrogens with one attached hydrogen (secondary N) is 2. The number of methoxy groups -OCH3 is 1. The van der Waals surface area contributed by atoms with Gasteiger partial charge in [0, 0.05) is 30.9 Å². The lowest BCUT2D eigenvalue weighted by molar-refractivity contribution is -0.385. The van der Waals surface area contributed by atoms with E-state index < -0.39 is 4.92 Å². The Morgan fingerprint density at radius 1 is 1.06 bits per heavy atom. The Morgan fingerprint density at radius 2 is 1.74 bits per heavy atom. The quantitative estimate of drug-likeness (QED) is 0.320. The van der Waals surface area contributed by atoms with E-state index in [0.717, 1.165) is 38.8 Å². The summed E-state index contributed by atoms with van der Waals surface area (Å²) in [4.78, 5) is 29.6. The summed E-state index contributed by atoms with van der Waals surface area (Å²) < 4.78 is 5.12. The van der Waals surface area contributed by atoms with Gasteiger partial charge in [-0.2, -0.15) is 15.0 Å². The van der Waals surface area contributed by atoms with Gasteiger partial charge in [0.05, 0.1) is 12.0 Å². The average molecular weight is 485 g/mol. The molecule has 11 heteroatoms. The number of anilines is 4. The summed E-state index contributed by atoms with van der Waals surface area (Å²) in [5.41, 5.74) is 0.393. The zero-order chi connectivity index (χ0) is 24.8. The average Bonchev–Trinajstić information content (AvgIpc) is 3.12. The van der Waals surface area contributed by atoms with Crippen LogP contribution in [-0.4, -0.2) is 71.2 Å². The van der Waals surface area contributed by atoms with Gasteiger partial charge in [-0.3, -0.25) is 10.1 Å². The molecule has 190 valence electrons. The predicted octanol–water partition coefficient (Wildman–Crippen LogP) is 4.20. The molecule has 2 N–H and O–H groups in total. The standard InChI is InChI=1S/C24H36N8O3/c1-30-14-12-19(13-15-30)31(2)24-28-22(25-17-8-6-4-5-7-9-17)27-23(29-24)26-18-10-11-21(35-3)20(16-18)32(33)34/h10-11,16-17,19H,4-9,12-15H2,1-3H3,(H2,25,26,27,28,29). The first-order valence-electron chi connectivity index (χ1n) is 12.5. The molecule has 1 saturated heterocycles. The number of benzene rings is 1. The minimum absolute atomic E-state index is 0.118. The third-order valence-corrected chi connectivity index (χ3v) is 6.99. The van der Waals surface area contributed by atoms with Crippen molar-refractivity contribution in [3.8, 4) is 5.75 Å². The van der Waals surface area contributed by atoms with Crippen LogP contribution in [0, 0.1) is 10.1 Å². The molecule has 0 unspecified atom stereocenters. The number of aromatic nitrogens is 3. The second kappa shape index (κ2) is 11.5. The lowest BCUT2D eigenvalue weighted by Gasteiger charge is -2.35. The fourth-order valence-corrected chi connectivity index (χ4v) is 4.83. The normalized spacial score (nSPS) is 18.0. The SMILES string of the molecule is COc1ccc(Nc2nc(NC3CCCCCC3)nc(N(C)C3CCN(C)CC3)n2)cc1[N+](=O)[O-]. The van der Waals surface area contributed by atoms with Crippen molar-refractivity contribution < 1.29 is 9.66 Å². The molecule has 2 aromatic rings. The summed E-state index contributed by atoms with van der Waals surface area (Å²) in [6, 6.07) is 5.39. The zero-order valence-corrected chi connectivity index (χ0v) is 20.9. The smallest absolute Gasteiger partial charge is 0.312 e. The number of nitro benzene ring substituents is 1. The molecule has 1 aromatic carbocycles. The lowest BCUT2D eigenvalue weighted by atomic mass is 10.0. The van der Waals surface area contributed by atoms with Gasteiger partial charge in [0.1, 0.15) is 0 Å². The number of ether oxygens (including phenoxy) is 1. The van der Waals surface area contributed by atoms with Crippen molar-refractivity contribution in [3.05, 3.63) is 28.3 Å². The summed E-state index contributed by atoms with van der Waals surface area (Å²) in [6.07, 6.45) is 9.20. The molecule has 0 radical (unpaired) electrons. The highest BCUT2D eigenvalue weighted by Gasteiger charge is 2.24. The van der Waals surface area contributed by atoms with Crippen molar-refractivity contribution in [2.24, 2.45) is 0 Å². The molecule has 0 spiro atoms. The van der Waals surface area contributed by atoms with Crippen LogP contribution in [0.1, 0.15) is 51.4 Å². The summed E-state index contributed by atoms with van der Waals surface area (Å²) >= 11 is 0. The molecule has 4 rings (SSSR count). The Hall–Kier alpha value is -3.21. The molecule has 1 aromatic heterocycles. The number of likely N-dealkylation sites (tertiary alicyclic amines) is 1. The zero-order valence-electron chi connectivity index (χ0n) is 20.9. The molecule has 0 atom stereocenters. The molecular weight excluding hydrogens is 448 g/mol. The van der Waals surface area contributed by atoms with Crippen LogP contribution in [0.25, 0.3) is 0 Å². The summed E-state index contributed by atoms with van der Waals surface area (Å²) in [6.45, 7) is 2.07. The monoisotopic (exact) mass is 484 g/mol. The Labute approximate surface area is 206 Å². The van der Waals surface area contributed by atoms with Gasteiger partial charge in [0.15, 0.2) is 5.75 Å². The van der Waals surface area contributed by atoms with Gasteiger partial charge >= 0.3 is 5.69 Å². The highest BCUT2D eigenvalue weighted by molar-refractivity contribution is 5.63. The van der Waals surface area contributed by atoms with Gasteiger partial charge < -0.3 is 25.2 Å². The van der Waals surface area contributed by atoms with Crippen molar-refractivity contribution in [1.82, 2.24) is 19.9 Å². The molecule has 0 amide bonds. The molecule has 1 saturated carbocycles. The molecule has 0 bridgehead atoms. The maximum absolute atomic E-state index is 11.5. The number of rotatable bonds is 8. The van der Waals surface area contributed by atoms with Crippen LogP contribution < -0.4 is 20.3 Å². The molecule has 2 fully saturated rings. The minimum atomic E-state index is -0.463. The summed E-state index contributed by atoms with van der Waals surface area (Å²) in [7, 11) is 5.59.